The molecule has 0 bridgehead atoms. The van der Waals surface area contributed by atoms with Crippen LogP contribution in [0.2, 0.25) is 0 Å². The van der Waals surface area contributed by atoms with Crippen molar-refractivity contribution in [2.45, 2.75) is 39.7 Å². The molecule has 2 rings (SSSR count). The van der Waals surface area contributed by atoms with Crippen LogP contribution in [0, 0.1) is 19.8 Å². The summed E-state index contributed by atoms with van der Waals surface area (Å²) in [6, 6.07) is 5.00. The summed E-state index contributed by atoms with van der Waals surface area (Å²) >= 11 is 0. The predicted molar refractivity (Wildman–Crippen MR) is 60.5 cm³/mol. The lowest BCUT2D eigenvalue weighted by atomic mass is 9.99. The van der Waals surface area contributed by atoms with Gasteiger partial charge in [0.15, 0.2) is 0 Å². The summed E-state index contributed by atoms with van der Waals surface area (Å²) in [5.41, 5.74) is 11.8. The molecular weight excluding hydrogens is 170 g/mol. The molecule has 0 saturated heterocycles. The maximum atomic E-state index is 5.95. The van der Waals surface area contributed by atoms with E-state index in [9.17, 15) is 0 Å². The molecule has 0 heterocycles. The number of nitrogens with two attached hydrogens (primary N) is 1. The van der Waals surface area contributed by atoms with E-state index >= 15 is 0 Å². The van der Waals surface area contributed by atoms with Crippen LogP contribution in [0.4, 0.5) is 0 Å². The van der Waals surface area contributed by atoms with Gasteiger partial charge < -0.3 is 5.73 Å². The van der Waals surface area contributed by atoms with Gasteiger partial charge in [-0.05, 0) is 61.8 Å². The van der Waals surface area contributed by atoms with E-state index in [4.69, 9.17) is 5.73 Å². The molecule has 1 unspecified atom stereocenters. The van der Waals surface area contributed by atoms with Gasteiger partial charge >= 0.3 is 0 Å². The van der Waals surface area contributed by atoms with Crippen molar-refractivity contribution < 1.29 is 0 Å². The van der Waals surface area contributed by atoms with Gasteiger partial charge in [0.2, 0.25) is 0 Å². The van der Waals surface area contributed by atoms with E-state index in [1.165, 1.54) is 35.1 Å². The molecule has 1 aliphatic rings. The van der Waals surface area contributed by atoms with Crippen molar-refractivity contribution in [3.05, 3.63) is 34.4 Å². The summed E-state index contributed by atoms with van der Waals surface area (Å²) in [6.07, 6.45) is 2.35. The number of aryl methyl sites for hydroxylation is 2. The van der Waals surface area contributed by atoms with E-state index in [2.05, 4.69) is 32.9 Å². The van der Waals surface area contributed by atoms with Crippen molar-refractivity contribution in [1.82, 2.24) is 0 Å². The van der Waals surface area contributed by atoms with Gasteiger partial charge in [0, 0.05) is 6.04 Å². The molecule has 0 aliphatic heterocycles. The molecule has 1 heteroatoms. The smallest absolute Gasteiger partial charge is 0.00451 e. The van der Waals surface area contributed by atoms with E-state index in [-0.39, 0.29) is 0 Å². The summed E-state index contributed by atoms with van der Waals surface area (Å²) in [6.45, 7) is 6.50. The lowest BCUT2D eigenvalue weighted by Crippen LogP contribution is -2.26. The number of benzene rings is 1. The van der Waals surface area contributed by atoms with E-state index in [0.717, 1.165) is 0 Å². The fraction of sp³-hybridized carbons (Fsp3) is 0.538. The van der Waals surface area contributed by atoms with Crippen LogP contribution in [0.25, 0.3) is 0 Å². The fourth-order valence-corrected chi connectivity index (χ4v) is 2.32. The molecule has 0 spiro atoms. The summed E-state index contributed by atoms with van der Waals surface area (Å²) < 4.78 is 0. The van der Waals surface area contributed by atoms with Gasteiger partial charge in [-0.25, -0.2) is 0 Å². The Labute approximate surface area is 86.3 Å². The summed E-state index contributed by atoms with van der Waals surface area (Å²) in [7, 11) is 0. The molecule has 0 radical (unpaired) electrons. The van der Waals surface area contributed by atoms with Crippen LogP contribution in [-0.2, 0) is 12.8 Å². The Balaban J connectivity index is 2.31. The van der Waals surface area contributed by atoms with Crippen LogP contribution in [0.5, 0.6) is 0 Å². The van der Waals surface area contributed by atoms with E-state index in [1.54, 1.807) is 0 Å². The first kappa shape index (κ1) is 9.72. The monoisotopic (exact) mass is 189 g/mol. The highest BCUT2D eigenvalue weighted by Gasteiger charge is 2.24. The third kappa shape index (κ3) is 1.57. The van der Waals surface area contributed by atoms with Crippen LogP contribution >= 0.6 is 0 Å². The Hall–Kier alpha value is -0.820. The second-order valence-electron chi connectivity index (χ2n) is 4.73. The third-order valence-corrected chi connectivity index (χ3v) is 3.52. The fourth-order valence-electron chi connectivity index (χ4n) is 2.32. The first-order valence-electron chi connectivity index (χ1n) is 5.42. The SMILES string of the molecule is Cc1cc2c(cc1C)CC(C(C)N)C2. The first-order valence-corrected chi connectivity index (χ1v) is 5.42. The van der Waals surface area contributed by atoms with Crippen LogP contribution in [0.15, 0.2) is 12.1 Å². The average Bonchev–Trinajstić information content (AvgIpc) is 2.48. The van der Waals surface area contributed by atoms with Gasteiger partial charge in [0.25, 0.3) is 0 Å². The number of hydrogen-bond acceptors (Lipinski definition) is 1. The molecule has 2 N–H and O–H groups in total. The highest BCUT2D eigenvalue weighted by molar-refractivity contribution is 5.40. The van der Waals surface area contributed by atoms with E-state index in [1.807, 2.05) is 0 Å². The van der Waals surface area contributed by atoms with Crippen molar-refractivity contribution in [1.29, 1.82) is 0 Å². The molecule has 1 aromatic carbocycles. The topological polar surface area (TPSA) is 26.0 Å². The summed E-state index contributed by atoms with van der Waals surface area (Å²) in [5, 5.41) is 0. The van der Waals surface area contributed by atoms with Gasteiger partial charge in [-0.2, -0.15) is 0 Å². The predicted octanol–water partition coefficient (Wildman–Crippen LogP) is 2.37. The van der Waals surface area contributed by atoms with Crippen molar-refractivity contribution in [2.24, 2.45) is 11.7 Å². The van der Waals surface area contributed by atoms with Gasteiger partial charge in [-0.1, -0.05) is 12.1 Å². The number of fused-ring (bicyclic) bond motifs is 1. The number of rotatable bonds is 1. The maximum absolute atomic E-state index is 5.95. The quantitative estimate of drug-likeness (QED) is 0.721. The summed E-state index contributed by atoms with van der Waals surface area (Å²) in [5.74, 6) is 0.659. The second-order valence-corrected chi connectivity index (χ2v) is 4.73. The molecule has 1 atom stereocenters. The Morgan fingerprint density at radius 2 is 1.57 bits per heavy atom. The second kappa shape index (κ2) is 3.39. The van der Waals surface area contributed by atoms with Crippen LogP contribution in [-0.4, -0.2) is 6.04 Å². The van der Waals surface area contributed by atoms with Crippen LogP contribution < -0.4 is 5.73 Å². The van der Waals surface area contributed by atoms with Crippen molar-refractivity contribution in [2.75, 3.05) is 0 Å². The average molecular weight is 189 g/mol. The highest BCUT2D eigenvalue weighted by atomic mass is 14.6. The minimum absolute atomic E-state index is 0.322. The minimum Gasteiger partial charge on any atom is -0.328 e. The van der Waals surface area contributed by atoms with Crippen molar-refractivity contribution in [3.8, 4) is 0 Å². The van der Waals surface area contributed by atoms with Crippen molar-refractivity contribution >= 4 is 0 Å². The number of hydrogen-bond donors (Lipinski definition) is 1. The molecule has 0 saturated carbocycles. The lowest BCUT2D eigenvalue weighted by molar-refractivity contribution is 0.467. The molecule has 1 aromatic rings. The minimum atomic E-state index is 0.322. The standard InChI is InChI=1S/C13H19N/c1-8-4-12-6-11(10(3)14)7-13(12)5-9(8)2/h4-5,10-11H,6-7,14H2,1-3H3. The van der Waals surface area contributed by atoms with Crippen LogP contribution in [0.3, 0.4) is 0 Å². The van der Waals surface area contributed by atoms with Gasteiger partial charge in [-0.15, -0.1) is 0 Å². The molecule has 0 fully saturated rings. The largest absolute Gasteiger partial charge is 0.328 e. The lowest BCUT2D eigenvalue weighted by Gasteiger charge is -2.12. The van der Waals surface area contributed by atoms with Crippen molar-refractivity contribution in [3.63, 3.8) is 0 Å². The Kier molecular flexibility index (Phi) is 2.36. The van der Waals surface area contributed by atoms with E-state index < -0.39 is 0 Å². The Morgan fingerprint density at radius 3 is 1.93 bits per heavy atom. The van der Waals surface area contributed by atoms with Gasteiger partial charge in [0.1, 0.15) is 0 Å². The zero-order chi connectivity index (χ0) is 10.3. The molecule has 1 nitrogen and oxygen atoms in total. The molecule has 14 heavy (non-hydrogen) atoms. The molecule has 0 amide bonds. The molecule has 1 aliphatic carbocycles. The molecule has 76 valence electrons. The molecular formula is C13H19N. The first-order chi connectivity index (χ1) is 6.58. The highest BCUT2D eigenvalue weighted by Crippen LogP contribution is 2.30. The maximum Gasteiger partial charge on any atom is 0.00451 e. The Bertz CT molecular complexity index is 321. The summed E-state index contributed by atoms with van der Waals surface area (Å²) in [4.78, 5) is 0. The normalized spacial score (nSPS) is 18.3. The van der Waals surface area contributed by atoms with Gasteiger partial charge in [0.05, 0.1) is 0 Å². The van der Waals surface area contributed by atoms with Gasteiger partial charge in [-0.3, -0.25) is 0 Å². The van der Waals surface area contributed by atoms with Crippen LogP contribution in [0.1, 0.15) is 29.2 Å². The zero-order valence-electron chi connectivity index (χ0n) is 9.30. The molecule has 0 aromatic heterocycles. The third-order valence-electron chi connectivity index (χ3n) is 3.52. The zero-order valence-corrected chi connectivity index (χ0v) is 9.30. The Morgan fingerprint density at radius 1 is 1.14 bits per heavy atom. The van der Waals surface area contributed by atoms with E-state index in [0.29, 0.717) is 12.0 Å².